The molecule has 0 radical (unpaired) electrons. The Morgan fingerprint density at radius 2 is 1.86 bits per heavy atom. The van der Waals surface area contributed by atoms with Crippen LogP contribution in [0.15, 0.2) is 70.4 Å². The lowest BCUT2D eigenvalue weighted by Gasteiger charge is -2.13. The predicted octanol–water partition coefficient (Wildman–Crippen LogP) is 2.77. The zero-order valence-electron chi connectivity index (χ0n) is 19.4. The molecule has 0 aliphatic heterocycles. The number of hydrazone groups is 1. The van der Waals surface area contributed by atoms with E-state index < -0.39 is 11.8 Å². The summed E-state index contributed by atoms with van der Waals surface area (Å²) in [6.45, 7) is 4.01. The second kappa shape index (κ2) is 12.6. The summed E-state index contributed by atoms with van der Waals surface area (Å²) in [5.41, 5.74) is 4.46. The summed E-state index contributed by atoms with van der Waals surface area (Å²) in [6, 6.07) is 15.8. The van der Waals surface area contributed by atoms with Gasteiger partial charge in [-0.1, -0.05) is 12.1 Å². The Balaban J connectivity index is 1.52. The van der Waals surface area contributed by atoms with Gasteiger partial charge in [0.15, 0.2) is 18.1 Å². The number of rotatable bonds is 10. The normalized spacial score (nSPS) is 10.6. The number of anilines is 1. The Morgan fingerprint density at radius 3 is 2.60 bits per heavy atom. The largest absolute Gasteiger partial charge is 0.490 e. The second-order valence-electron chi connectivity index (χ2n) is 7.31. The number of hydrogen-bond acceptors (Lipinski definition) is 7. The van der Waals surface area contributed by atoms with Crippen LogP contribution in [0.1, 0.15) is 23.8 Å². The van der Waals surface area contributed by atoms with Gasteiger partial charge >= 0.3 is 11.8 Å². The van der Waals surface area contributed by atoms with Gasteiger partial charge in [0.05, 0.1) is 25.6 Å². The molecule has 2 aromatic carbocycles. The fourth-order valence-electron chi connectivity index (χ4n) is 2.93. The molecule has 3 amide bonds. The smallest absolute Gasteiger partial charge is 0.329 e. The molecule has 0 saturated carbocycles. The van der Waals surface area contributed by atoms with Crippen LogP contribution in [0.5, 0.6) is 11.5 Å². The first-order chi connectivity index (χ1) is 16.9. The van der Waals surface area contributed by atoms with Crippen molar-refractivity contribution in [1.82, 2.24) is 10.7 Å². The van der Waals surface area contributed by atoms with Crippen molar-refractivity contribution in [3.05, 3.63) is 77.7 Å². The highest BCUT2D eigenvalue weighted by atomic mass is 16.5. The van der Waals surface area contributed by atoms with Gasteiger partial charge in [0.25, 0.3) is 5.91 Å². The molecule has 10 nitrogen and oxygen atoms in total. The van der Waals surface area contributed by atoms with Gasteiger partial charge in [-0.25, -0.2) is 5.43 Å². The number of furan rings is 1. The molecule has 3 rings (SSSR count). The van der Waals surface area contributed by atoms with Crippen LogP contribution >= 0.6 is 0 Å². The van der Waals surface area contributed by atoms with Crippen molar-refractivity contribution in [2.45, 2.75) is 20.4 Å². The summed E-state index contributed by atoms with van der Waals surface area (Å²) in [4.78, 5) is 35.9. The van der Waals surface area contributed by atoms with E-state index in [-0.39, 0.29) is 19.1 Å². The molecule has 35 heavy (non-hydrogen) atoms. The van der Waals surface area contributed by atoms with Gasteiger partial charge in [-0.2, -0.15) is 5.10 Å². The van der Waals surface area contributed by atoms with E-state index in [0.29, 0.717) is 35.1 Å². The highest BCUT2D eigenvalue weighted by molar-refractivity contribution is 6.35. The summed E-state index contributed by atoms with van der Waals surface area (Å²) >= 11 is 0. The molecule has 3 aromatic rings. The topological polar surface area (TPSA) is 131 Å². The Labute approximate surface area is 202 Å². The summed E-state index contributed by atoms with van der Waals surface area (Å²) in [7, 11) is 0. The average molecular weight is 479 g/mol. The molecule has 0 aliphatic carbocycles. The maximum atomic E-state index is 12.2. The number of benzene rings is 2. The Bertz CT molecular complexity index is 1190. The van der Waals surface area contributed by atoms with Gasteiger partial charge in [0.2, 0.25) is 0 Å². The van der Waals surface area contributed by atoms with E-state index in [0.717, 1.165) is 5.56 Å². The molecular formula is C25H26N4O6. The van der Waals surface area contributed by atoms with Crippen LogP contribution in [0.3, 0.4) is 0 Å². The minimum Gasteiger partial charge on any atom is -0.490 e. The summed E-state index contributed by atoms with van der Waals surface area (Å²) in [6.07, 6.45) is 2.83. The van der Waals surface area contributed by atoms with E-state index >= 15 is 0 Å². The van der Waals surface area contributed by atoms with Crippen molar-refractivity contribution in [1.29, 1.82) is 0 Å². The number of carbonyl (C=O) groups is 3. The molecule has 0 unspecified atom stereocenters. The Morgan fingerprint density at radius 1 is 1.00 bits per heavy atom. The van der Waals surface area contributed by atoms with E-state index in [1.807, 2.05) is 32.0 Å². The fraction of sp³-hybridized carbons (Fsp3) is 0.200. The van der Waals surface area contributed by atoms with Crippen molar-refractivity contribution in [3.8, 4) is 11.5 Å². The maximum Gasteiger partial charge on any atom is 0.329 e. The van der Waals surface area contributed by atoms with Gasteiger partial charge in [-0.05, 0) is 67.4 Å². The Hall–Kier alpha value is -4.60. The van der Waals surface area contributed by atoms with Crippen molar-refractivity contribution in [2.24, 2.45) is 5.10 Å². The third-order valence-corrected chi connectivity index (χ3v) is 4.52. The third-order valence-electron chi connectivity index (χ3n) is 4.52. The van der Waals surface area contributed by atoms with Crippen molar-refractivity contribution in [3.63, 3.8) is 0 Å². The SMILES string of the molecule is CCOc1cc(/C=N\NC(=O)C(=O)NCc2ccco2)ccc1OCC(=O)Nc1cccc(C)c1. The first-order valence-corrected chi connectivity index (χ1v) is 10.8. The molecule has 0 saturated heterocycles. The van der Waals surface area contributed by atoms with Crippen LogP contribution < -0.4 is 25.5 Å². The molecule has 10 heteroatoms. The molecule has 0 spiro atoms. The molecule has 182 valence electrons. The number of nitrogens with one attached hydrogen (secondary N) is 3. The van der Waals surface area contributed by atoms with Gasteiger partial charge in [-0.15, -0.1) is 0 Å². The minimum atomic E-state index is -0.919. The molecule has 1 aromatic heterocycles. The summed E-state index contributed by atoms with van der Waals surface area (Å²) < 4.78 is 16.3. The van der Waals surface area contributed by atoms with E-state index in [9.17, 15) is 14.4 Å². The number of ether oxygens (including phenoxy) is 2. The van der Waals surface area contributed by atoms with E-state index in [2.05, 4.69) is 21.2 Å². The first kappa shape index (κ1) is 25.0. The lowest BCUT2D eigenvalue weighted by molar-refractivity contribution is -0.139. The van der Waals surface area contributed by atoms with E-state index in [1.165, 1.54) is 12.5 Å². The lowest BCUT2D eigenvalue weighted by atomic mass is 10.2. The zero-order valence-corrected chi connectivity index (χ0v) is 19.4. The number of amides is 3. The fourth-order valence-corrected chi connectivity index (χ4v) is 2.93. The number of nitrogens with zero attached hydrogens (tertiary/aromatic N) is 1. The van der Waals surface area contributed by atoms with E-state index in [4.69, 9.17) is 13.9 Å². The zero-order chi connectivity index (χ0) is 25.0. The predicted molar refractivity (Wildman–Crippen MR) is 129 cm³/mol. The van der Waals surface area contributed by atoms with Crippen LogP contribution in [0.25, 0.3) is 0 Å². The molecule has 0 fully saturated rings. The van der Waals surface area contributed by atoms with Crippen LogP contribution in [-0.2, 0) is 20.9 Å². The molecular weight excluding hydrogens is 452 g/mol. The van der Waals surface area contributed by atoms with E-state index in [1.54, 1.807) is 36.4 Å². The Kier molecular flexibility index (Phi) is 9.00. The standard InChI is InChI=1S/C25H26N4O6/c1-3-33-22-13-18(14-27-29-25(32)24(31)26-15-20-8-5-11-34-20)9-10-21(22)35-16-23(30)28-19-7-4-6-17(2)12-19/h4-14H,3,15-16H2,1-2H3,(H,26,31)(H,28,30)(H,29,32)/b27-14-. The van der Waals surface area contributed by atoms with Gasteiger partial charge in [0, 0.05) is 5.69 Å². The van der Waals surface area contributed by atoms with Gasteiger partial charge in [-0.3, -0.25) is 14.4 Å². The molecule has 3 N–H and O–H groups in total. The minimum absolute atomic E-state index is 0.0885. The third kappa shape index (κ3) is 8.04. The first-order valence-electron chi connectivity index (χ1n) is 10.8. The monoisotopic (exact) mass is 478 g/mol. The number of hydrogen-bond donors (Lipinski definition) is 3. The van der Waals surface area contributed by atoms with Crippen LogP contribution in [0, 0.1) is 6.92 Å². The number of aryl methyl sites for hydroxylation is 1. The molecule has 0 bridgehead atoms. The lowest BCUT2D eigenvalue weighted by Crippen LogP contribution is -2.37. The van der Waals surface area contributed by atoms with Crippen LogP contribution in [0.2, 0.25) is 0 Å². The number of carbonyl (C=O) groups excluding carboxylic acids is 3. The van der Waals surface area contributed by atoms with Crippen molar-refractivity contribution < 1.29 is 28.3 Å². The maximum absolute atomic E-state index is 12.2. The second-order valence-corrected chi connectivity index (χ2v) is 7.31. The molecule has 1 heterocycles. The van der Waals surface area contributed by atoms with Gasteiger partial charge in [0.1, 0.15) is 5.76 Å². The highest BCUT2D eigenvalue weighted by Crippen LogP contribution is 2.28. The van der Waals surface area contributed by atoms with Crippen molar-refractivity contribution in [2.75, 3.05) is 18.5 Å². The quantitative estimate of drug-likeness (QED) is 0.233. The van der Waals surface area contributed by atoms with Gasteiger partial charge < -0.3 is 24.5 Å². The summed E-state index contributed by atoms with van der Waals surface area (Å²) in [5, 5.41) is 8.99. The highest BCUT2D eigenvalue weighted by Gasteiger charge is 2.13. The molecule has 0 atom stereocenters. The average Bonchev–Trinajstić information content (AvgIpc) is 3.36. The summed E-state index contributed by atoms with van der Waals surface area (Å²) in [5.74, 6) is -0.768. The van der Waals surface area contributed by atoms with Crippen molar-refractivity contribution >= 4 is 29.6 Å². The molecule has 0 aliphatic rings. The van der Waals surface area contributed by atoms with Crippen LogP contribution in [-0.4, -0.2) is 37.1 Å². The van der Waals surface area contributed by atoms with Crippen LogP contribution in [0.4, 0.5) is 5.69 Å².